The molecule has 1 unspecified atom stereocenters. The van der Waals surface area contributed by atoms with E-state index in [-0.39, 0.29) is 6.04 Å². The molecule has 0 aliphatic heterocycles. The van der Waals surface area contributed by atoms with E-state index in [9.17, 15) is 0 Å². The molecule has 2 N–H and O–H groups in total. The van der Waals surface area contributed by atoms with Gasteiger partial charge in [-0.25, -0.2) is 0 Å². The average Bonchev–Trinajstić information content (AvgIpc) is 2.73. The topological polar surface area (TPSA) is 43.8 Å². The third kappa shape index (κ3) is 2.91. The fraction of sp³-hybridized carbons (Fsp3) is 0.231. The molecule has 1 heterocycles. The quantitative estimate of drug-likeness (QED) is 0.841. The van der Waals surface area contributed by atoms with Gasteiger partial charge in [0.2, 0.25) is 0 Å². The molecule has 2 rings (SSSR count). The number of hydrogen-bond donors (Lipinski definition) is 1. The Morgan fingerprint density at radius 1 is 1.41 bits per heavy atom. The van der Waals surface area contributed by atoms with Crippen molar-refractivity contribution >= 4 is 17.2 Å². The number of thiocarbonyl (C=S) groups is 1. The lowest BCUT2D eigenvalue weighted by molar-refractivity contribution is 0.539. The summed E-state index contributed by atoms with van der Waals surface area (Å²) in [5, 5.41) is 4.35. The largest absolute Gasteiger partial charge is 0.393 e. The number of nitrogens with two attached hydrogens (primary N) is 1. The van der Waals surface area contributed by atoms with Crippen LogP contribution in [0.3, 0.4) is 0 Å². The van der Waals surface area contributed by atoms with Crippen LogP contribution in [0.25, 0.3) is 0 Å². The van der Waals surface area contributed by atoms with Crippen molar-refractivity contribution in [1.29, 1.82) is 0 Å². The van der Waals surface area contributed by atoms with Gasteiger partial charge >= 0.3 is 0 Å². The summed E-state index contributed by atoms with van der Waals surface area (Å²) >= 11 is 5.02. The maximum atomic E-state index is 5.67. The van der Waals surface area contributed by atoms with Crippen molar-refractivity contribution in [3.63, 3.8) is 0 Å². The molecule has 0 spiro atoms. The van der Waals surface area contributed by atoms with Gasteiger partial charge in [-0.3, -0.25) is 4.68 Å². The monoisotopic (exact) mass is 245 g/mol. The maximum Gasteiger partial charge on any atom is 0.0831 e. The molecule has 1 atom stereocenters. The molecule has 0 bridgehead atoms. The highest BCUT2D eigenvalue weighted by atomic mass is 32.1. The second kappa shape index (κ2) is 5.10. The lowest BCUT2D eigenvalue weighted by atomic mass is 10.0. The first-order valence-electron chi connectivity index (χ1n) is 5.51. The number of rotatable bonds is 4. The van der Waals surface area contributed by atoms with Gasteiger partial charge in [-0.05, 0) is 18.1 Å². The van der Waals surface area contributed by atoms with E-state index >= 15 is 0 Å². The Morgan fingerprint density at radius 2 is 2.12 bits per heavy atom. The minimum absolute atomic E-state index is 0.0856. The van der Waals surface area contributed by atoms with Crippen molar-refractivity contribution in [2.75, 3.05) is 0 Å². The number of benzene rings is 1. The SMILES string of the molecule is Cc1cnn(C(CC(N)=S)c2ccccc2)c1. The van der Waals surface area contributed by atoms with Gasteiger partial charge in [-0.15, -0.1) is 0 Å². The molecule has 0 amide bonds. The van der Waals surface area contributed by atoms with Crippen LogP contribution in [-0.2, 0) is 0 Å². The predicted molar refractivity (Wildman–Crippen MR) is 72.9 cm³/mol. The lowest BCUT2D eigenvalue weighted by Gasteiger charge is -2.17. The number of aromatic nitrogens is 2. The van der Waals surface area contributed by atoms with Gasteiger partial charge in [0, 0.05) is 12.6 Å². The Hall–Kier alpha value is -1.68. The Bertz CT molecular complexity index is 504. The van der Waals surface area contributed by atoms with Crippen molar-refractivity contribution in [3.05, 3.63) is 53.9 Å². The third-order valence-corrected chi connectivity index (χ3v) is 2.80. The molecule has 17 heavy (non-hydrogen) atoms. The standard InChI is InChI=1S/C13H15N3S/c1-10-8-15-16(9-10)12(7-13(14)17)11-5-3-2-4-6-11/h2-6,8-9,12H,7H2,1H3,(H2,14,17). The minimum Gasteiger partial charge on any atom is -0.393 e. The van der Waals surface area contributed by atoms with Crippen molar-refractivity contribution in [2.45, 2.75) is 19.4 Å². The highest BCUT2D eigenvalue weighted by molar-refractivity contribution is 7.80. The first-order valence-corrected chi connectivity index (χ1v) is 5.91. The molecule has 4 heteroatoms. The summed E-state index contributed by atoms with van der Waals surface area (Å²) in [5.41, 5.74) is 7.97. The van der Waals surface area contributed by atoms with Crippen LogP contribution in [-0.4, -0.2) is 14.8 Å². The summed E-state index contributed by atoms with van der Waals surface area (Å²) < 4.78 is 1.92. The Labute approximate surface area is 106 Å². The van der Waals surface area contributed by atoms with E-state index in [1.807, 2.05) is 42.2 Å². The molecular formula is C13H15N3S. The fourth-order valence-corrected chi connectivity index (χ4v) is 1.99. The van der Waals surface area contributed by atoms with E-state index in [0.717, 1.165) is 5.56 Å². The van der Waals surface area contributed by atoms with Gasteiger partial charge in [0.25, 0.3) is 0 Å². The van der Waals surface area contributed by atoms with E-state index < -0.39 is 0 Å². The van der Waals surface area contributed by atoms with Crippen molar-refractivity contribution < 1.29 is 0 Å². The molecule has 0 aliphatic rings. The summed E-state index contributed by atoms with van der Waals surface area (Å²) in [4.78, 5) is 0.506. The zero-order valence-electron chi connectivity index (χ0n) is 9.71. The minimum atomic E-state index is 0.0856. The molecule has 2 aromatic rings. The van der Waals surface area contributed by atoms with E-state index in [1.54, 1.807) is 0 Å². The Kier molecular flexibility index (Phi) is 3.54. The predicted octanol–water partition coefficient (Wildman–Crippen LogP) is 2.46. The summed E-state index contributed by atoms with van der Waals surface area (Å²) in [5.74, 6) is 0. The number of nitrogens with zero attached hydrogens (tertiary/aromatic N) is 2. The van der Waals surface area contributed by atoms with Gasteiger partial charge in [0.15, 0.2) is 0 Å². The van der Waals surface area contributed by atoms with Gasteiger partial charge < -0.3 is 5.73 Å². The molecule has 0 fully saturated rings. The van der Waals surface area contributed by atoms with E-state index in [4.69, 9.17) is 18.0 Å². The molecule has 0 radical (unpaired) electrons. The normalized spacial score (nSPS) is 12.3. The van der Waals surface area contributed by atoms with Crippen molar-refractivity contribution in [3.8, 4) is 0 Å². The highest BCUT2D eigenvalue weighted by Gasteiger charge is 2.15. The second-order valence-corrected chi connectivity index (χ2v) is 4.62. The zero-order valence-corrected chi connectivity index (χ0v) is 10.5. The van der Waals surface area contributed by atoms with Crippen LogP contribution in [0.2, 0.25) is 0 Å². The third-order valence-electron chi connectivity index (χ3n) is 2.63. The van der Waals surface area contributed by atoms with Crippen LogP contribution < -0.4 is 5.73 Å². The van der Waals surface area contributed by atoms with Crippen molar-refractivity contribution in [1.82, 2.24) is 9.78 Å². The van der Waals surface area contributed by atoms with Crippen molar-refractivity contribution in [2.24, 2.45) is 5.73 Å². The molecule has 0 saturated carbocycles. The van der Waals surface area contributed by atoms with Crippen LogP contribution in [0.4, 0.5) is 0 Å². The fourth-order valence-electron chi connectivity index (χ4n) is 1.83. The molecule has 1 aromatic carbocycles. The van der Waals surface area contributed by atoms with E-state index in [1.165, 1.54) is 5.56 Å². The molecule has 88 valence electrons. The van der Waals surface area contributed by atoms with Crippen LogP contribution >= 0.6 is 12.2 Å². The highest BCUT2D eigenvalue weighted by Crippen LogP contribution is 2.21. The smallest absolute Gasteiger partial charge is 0.0831 e. The molecule has 3 nitrogen and oxygen atoms in total. The van der Waals surface area contributed by atoms with Gasteiger partial charge in [-0.2, -0.15) is 5.10 Å². The van der Waals surface area contributed by atoms with E-state index in [2.05, 4.69) is 17.2 Å². The lowest BCUT2D eigenvalue weighted by Crippen LogP contribution is -2.19. The summed E-state index contributed by atoms with van der Waals surface area (Å²) in [7, 11) is 0. The van der Waals surface area contributed by atoms with Gasteiger partial charge in [0.05, 0.1) is 17.2 Å². The average molecular weight is 245 g/mol. The van der Waals surface area contributed by atoms with E-state index in [0.29, 0.717) is 11.4 Å². The first-order chi connectivity index (χ1) is 8.16. The van der Waals surface area contributed by atoms with Gasteiger partial charge in [0.1, 0.15) is 0 Å². The van der Waals surface area contributed by atoms with Crippen LogP contribution in [0.5, 0.6) is 0 Å². The molecule has 0 aliphatic carbocycles. The number of hydrogen-bond acceptors (Lipinski definition) is 2. The van der Waals surface area contributed by atoms with Crippen LogP contribution in [0.15, 0.2) is 42.7 Å². The maximum absolute atomic E-state index is 5.67. The Balaban J connectivity index is 2.35. The second-order valence-electron chi connectivity index (χ2n) is 4.09. The summed E-state index contributed by atoms with van der Waals surface area (Å²) in [6.45, 7) is 2.02. The Morgan fingerprint density at radius 3 is 2.65 bits per heavy atom. The van der Waals surface area contributed by atoms with Crippen LogP contribution in [0, 0.1) is 6.92 Å². The first kappa shape index (κ1) is 11.8. The molecule has 0 saturated heterocycles. The summed E-state index contributed by atoms with van der Waals surface area (Å²) in [6.07, 6.45) is 4.48. The summed E-state index contributed by atoms with van der Waals surface area (Å²) in [6, 6.07) is 10.2. The van der Waals surface area contributed by atoms with Crippen LogP contribution in [0.1, 0.15) is 23.6 Å². The van der Waals surface area contributed by atoms with Gasteiger partial charge in [-0.1, -0.05) is 42.5 Å². The molecule has 1 aromatic heterocycles. The zero-order chi connectivity index (χ0) is 12.3. The number of aryl methyl sites for hydroxylation is 1. The molecular weight excluding hydrogens is 230 g/mol.